The second kappa shape index (κ2) is 5.05. The summed E-state index contributed by atoms with van der Waals surface area (Å²) in [5.74, 6) is 0. The monoisotopic (exact) mass is 229 g/mol. The third kappa shape index (κ3) is 2.30. The second-order valence-electron chi connectivity index (χ2n) is 5.38. The molecular weight excluding hydrogens is 206 g/mol. The molecule has 0 saturated heterocycles. The second-order valence-corrected chi connectivity index (χ2v) is 5.38. The number of hydrogen-bond donors (Lipinski definition) is 1. The lowest BCUT2D eigenvalue weighted by molar-refractivity contribution is 0.174. The smallest absolute Gasteiger partial charge is 0.0198 e. The van der Waals surface area contributed by atoms with Crippen LogP contribution in [0.2, 0.25) is 0 Å². The highest BCUT2D eigenvalue weighted by Crippen LogP contribution is 2.47. The third-order valence-electron chi connectivity index (χ3n) is 4.16. The van der Waals surface area contributed by atoms with E-state index in [4.69, 9.17) is 0 Å². The van der Waals surface area contributed by atoms with Gasteiger partial charge in [0.1, 0.15) is 0 Å². The summed E-state index contributed by atoms with van der Waals surface area (Å²) in [5.41, 5.74) is 3.10. The van der Waals surface area contributed by atoms with E-state index < -0.39 is 0 Å². The Balaban J connectivity index is 2.27. The van der Waals surface area contributed by atoms with E-state index >= 15 is 0 Å². The van der Waals surface area contributed by atoms with Crippen LogP contribution < -0.4 is 5.32 Å². The zero-order valence-corrected chi connectivity index (χ0v) is 11.0. The van der Waals surface area contributed by atoms with Gasteiger partial charge in [0.05, 0.1) is 0 Å². The summed E-state index contributed by atoms with van der Waals surface area (Å²) >= 11 is 0. The van der Waals surface area contributed by atoms with Gasteiger partial charge >= 0.3 is 0 Å². The quantitative estimate of drug-likeness (QED) is 0.760. The molecule has 17 heavy (non-hydrogen) atoms. The first-order valence-corrected chi connectivity index (χ1v) is 6.56. The minimum Gasteiger partial charge on any atom is -0.316 e. The standard InChI is InChI=1S/C16H23N/c1-13(2)12-15(17-3)16(10-7-11-16)14-8-5-4-6-9-14/h4-6,8-9,15,17H,1,7,10-12H2,2-3H3. The highest BCUT2D eigenvalue weighted by Gasteiger charge is 2.44. The van der Waals surface area contributed by atoms with E-state index in [1.165, 1.54) is 30.4 Å². The van der Waals surface area contributed by atoms with E-state index in [1.807, 2.05) is 0 Å². The summed E-state index contributed by atoms with van der Waals surface area (Å²) in [4.78, 5) is 0. The van der Waals surface area contributed by atoms with Gasteiger partial charge in [-0.2, -0.15) is 0 Å². The maximum Gasteiger partial charge on any atom is 0.0198 e. The normalized spacial score (nSPS) is 19.4. The summed E-state index contributed by atoms with van der Waals surface area (Å²) < 4.78 is 0. The molecule has 0 heterocycles. The molecule has 1 heteroatoms. The number of rotatable bonds is 5. The molecule has 1 aliphatic carbocycles. The summed E-state index contributed by atoms with van der Waals surface area (Å²) in [7, 11) is 2.08. The van der Waals surface area contributed by atoms with Gasteiger partial charge in [-0.25, -0.2) is 0 Å². The highest BCUT2D eigenvalue weighted by atomic mass is 14.9. The molecule has 0 aromatic heterocycles. The fourth-order valence-corrected chi connectivity index (χ4v) is 3.09. The van der Waals surface area contributed by atoms with Crippen molar-refractivity contribution in [2.24, 2.45) is 0 Å². The molecule has 1 aromatic carbocycles. The molecule has 1 nitrogen and oxygen atoms in total. The van der Waals surface area contributed by atoms with Crippen molar-refractivity contribution in [3.05, 3.63) is 48.0 Å². The molecule has 1 unspecified atom stereocenters. The lowest BCUT2D eigenvalue weighted by atomic mass is 9.59. The molecule has 1 N–H and O–H groups in total. The summed E-state index contributed by atoms with van der Waals surface area (Å²) in [5, 5.41) is 3.51. The van der Waals surface area contributed by atoms with Crippen LogP contribution in [0.5, 0.6) is 0 Å². The zero-order chi connectivity index (χ0) is 12.3. The van der Waals surface area contributed by atoms with E-state index in [-0.39, 0.29) is 0 Å². The van der Waals surface area contributed by atoms with Gasteiger partial charge in [0.15, 0.2) is 0 Å². The fourth-order valence-electron chi connectivity index (χ4n) is 3.09. The topological polar surface area (TPSA) is 12.0 Å². The van der Waals surface area contributed by atoms with Gasteiger partial charge in [-0.05, 0) is 38.8 Å². The van der Waals surface area contributed by atoms with Crippen LogP contribution in [-0.4, -0.2) is 13.1 Å². The Morgan fingerprint density at radius 1 is 1.35 bits per heavy atom. The van der Waals surface area contributed by atoms with E-state index in [0.29, 0.717) is 11.5 Å². The van der Waals surface area contributed by atoms with Crippen molar-refractivity contribution < 1.29 is 0 Å². The van der Waals surface area contributed by atoms with Crippen LogP contribution in [0.1, 0.15) is 38.2 Å². The molecule has 1 fully saturated rings. The fraction of sp³-hybridized carbons (Fsp3) is 0.500. The third-order valence-corrected chi connectivity index (χ3v) is 4.16. The van der Waals surface area contributed by atoms with Crippen LogP contribution in [0.3, 0.4) is 0 Å². The average molecular weight is 229 g/mol. The van der Waals surface area contributed by atoms with Crippen molar-refractivity contribution in [2.45, 2.75) is 44.1 Å². The maximum absolute atomic E-state index is 4.07. The molecule has 1 atom stereocenters. The number of benzene rings is 1. The van der Waals surface area contributed by atoms with Crippen LogP contribution in [0.15, 0.2) is 42.5 Å². The van der Waals surface area contributed by atoms with Crippen LogP contribution in [0, 0.1) is 0 Å². The van der Waals surface area contributed by atoms with E-state index in [0.717, 1.165) is 6.42 Å². The van der Waals surface area contributed by atoms with Crippen LogP contribution in [-0.2, 0) is 5.41 Å². The first-order valence-electron chi connectivity index (χ1n) is 6.56. The molecule has 1 aliphatic rings. The molecule has 0 bridgehead atoms. The molecule has 92 valence electrons. The maximum atomic E-state index is 4.07. The molecule has 0 aliphatic heterocycles. The van der Waals surface area contributed by atoms with Crippen LogP contribution in [0.25, 0.3) is 0 Å². The predicted octanol–water partition coefficient (Wildman–Crippen LogP) is 3.66. The number of hydrogen-bond acceptors (Lipinski definition) is 1. The van der Waals surface area contributed by atoms with Crippen molar-refractivity contribution in [1.82, 2.24) is 5.32 Å². The molecule has 1 aromatic rings. The molecule has 0 amide bonds. The van der Waals surface area contributed by atoms with Crippen LogP contribution in [0.4, 0.5) is 0 Å². The Hall–Kier alpha value is -1.08. The van der Waals surface area contributed by atoms with Crippen LogP contribution >= 0.6 is 0 Å². The van der Waals surface area contributed by atoms with Gasteiger partial charge in [0, 0.05) is 11.5 Å². The van der Waals surface area contributed by atoms with Crippen molar-refractivity contribution in [3.63, 3.8) is 0 Å². The van der Waals surface area contributed by atoms with Gasteiger partial charge in [0.25, 0.3) is 0 Å². The minimum absolute atomic E-state index is 0.342. The Labute approximate surface area is 105 Å². The lowest BCUT2D eigenvalue weighted by Crippen LogP contribution is -2.51. The molecule has 0 radical (unpaired) electrons. The van der Waals surface area contributed by atoms with Crippen molar-refractivity contribution in [3.8, 4) is 0 Å². The highest BCUT2D eigenvalue weighted by molar-refractivity contribution is 5.31. The van der Waals surface area contributed by atoms with E-state index in [9.17, 15) is 0 Å². The van der Waals surface area contributed by atoms with Crippen molar-refractivity contribution in [2.75, 3.05) is 7.05 Å². The average Bonchev–Trinajstić information content (AvgIpc) is 2.27. The summed E-state index contributed by atoms with van der Waals surface area (Å²) in [6, 6.07) is 11.5. The van der Waals surface area contributed by atoms with Gasteiger partial charge in [-0.3, -0.25) is 0 Å². The van der Waals surface area contributed by atoms with Crippen molar-refractivity contribution >= 4 is 0 Å². The van der Waals surface area contributed by atoms with E-state index in [1.54, 1.807) is 0 Å². The Morgan fingerprint density at radius 2 is 2.00 bits per heavy atom. The molecule has 1 saturated carbocycles. The molecule has 2 rings (SSSR count). The van der Waals surface area contributed by atoms with Gasteiger partial charge in [-0.15, -0.1) is 6.58 Å². The Kier molecular flexibility index (Phi) is 3.68. The predicted molar refractivity (Wildman–Crippen MR) is 74.2 cm³/mol. The van der Waals surface area contributed by atoms with Gasteiger partial charge in [0.2, 0.25) is 0 Å². The van der Waals surface area contributed by atoms with Crippen molar-refractivity contribution in [1.29, 1.82) is 0 Å². The number of likely N-dealkylation sites (N-methyl/N-ethyl adjacent to an activating group) is 1. The summed E-state index contributed by atoms with van der Waals surface area (Å²) in [6.07, 6.45) is 5.03. The molecule has 0 spiro atoms. The largest absolute Gasteiger partial charge is 0.316 e. The minimum atomic E-state index is 0.342. The van der Waals surface area contributed by atoms with Gasteiger partial charge < -0.3 is 5.32 Å². The zero-order valence-electron chi connectivity index (χ0n) is 11.0. The lowest BCUT2D eigenvalue weighted by Gasteiger charge is -2.48. The summed E-state index contributed by atoms with van der Waals surface area (Å²) in [6.45, 7) is 6.20. The Morgan fingerprint density at radius 3 is 2.41 bits per heavy atom. The van der Waals surface area contributed by atoms with E-state index in [2.05, 4.69) is 56.2 Å². The number of nitrogens with one attached hydrogen (secondary N) is 1. The molecular formula is C16H23N. The Bertz CT molecular complexity index is 376. The SMILES string of the molecule is C=C(C)CC(NC)C1(c2ccccc2)CCC1. The first-order chi connectivity index (χ1) is 8.19. The first kappa shape index (κ1) is 12.4. The van der Waals surface area contributed by atoms with Gasteiger partial charge in [-0.1, -0.05) is 42.3 Å².